The van der Waals surface area contributed by atoms with E-state index in [1.54, 1.807) is 4.68 Å². The molecule has 1 aromatic heterocycles. The Morgan fingerprint density at radius 3 is 2.75 bits per heavy atom. The van der Waals surface area contributed by atoms with Crippen molar-refractivity contribution in [1.29, 1.82) is 0 Å². The van der Waals surface area contributed by atoms with Gasteiger partial charge in [0.2, 0.25) is 5.95 Å². The molecule has 1 N–H and O–H groups in total. The van der Waals surface area contributed by atoms with Crippen LogP contribution in [0.25, 0.3) is 0 Å². The molecule has 0 saturated carbocycles. The summed E-state index contributed by atoms with van der Waals surface area (Å²) in [7, 11) is 1.89. The highest BCUT2D eigenvalue weighted by atomic mass is 15.6. The minimum absolute atomic E-state index is 0.493. The molecule has 0 amide bonds. The molecule has 1 aliphatic rings. The van der Waals surface area contributed by atoms with E-state index >= 15 is 0 Å². The Morgan fingerprint density at radius 2 is 2.19 bits per heavy atom. The lowest BCUT2D eigenvalue weighted by molar-refractivity contribution is 0.371. The summed E-state index contributed by atoms with van der Waals surface area (Å²) in [6.07, 6.45) is 2.24. The predicted molar refractivity (Wildman–Crippen MR) is 62.3 cm³/mol. The molecule has 2 unspecified atom stereocenters. The fraction of sp³-hybridized carbons (Fsp3) is 0.900. The lowest BCUT2D eigenvalue weighted by Gasteiger charge is -2.39. The molecule has 0 aromatic carbocycles. The van der Waals surface area contributed by atoms with Gasteiger partial charge in [-0.2, -0.15) is 0 Å². The molecule has 1 saturated heterocycles. The Balaban J connectivity index is 2.18. The van der Waals surface area contributed by atoms with E-state index in [0.717, 1.165) is 31.9 Å². The average Bonchev–Trinajstić information content (AvgIpc) is 2.74. The lowest BCUT2D eigenvalue weighted by atomic mass is 10.1. The van der Waals surface area contributed by atoms with Crippen molar-refractivity contribution < 1.29 is 0 Å². The molecule has 0 spiro atoms. The van der Waals surface area contributed by atoms with Crippen LogP contribution in [0.2, 0.25) is 0 Å². The molecule has 6 nitrogen and oxygen atoms in total. The summed E-state index contributed by atoms with van der Waals surface area (Å²) in [6.45, 7) is 6.41. The van der Waals surface area contributed by atoms with E-state index in [9.17, 15) is 0 Å². The molecule has 16 heavy (non-hydrogen) atoms. The molecule has 0 radical (unpaired) electrons. The largest absolute Gasteiger partial charge is 0.334 e. The van der Waals surface area contributed by atoms with Gasteiger partial charge in [0.1, 0.15) is 0 Å². The van der Waals surface area contributed by atoms with Crippen LogP contribution in [0.15, 0.2) is 0 Å². The molecule has 90 valence electrons. The van der Waals surface area contributed by atoms with E-state index < -0.39 is 0 Å². The van der Waals surface area contributed by atoms with E-state index in [4.69, 9.17) is 0 Å². The van der Waals surface area contributed by atoms with E-state index in [1.807, 2.05) is 7.05 Å². The number of hydrogen-bond acceptors (Lipinski definition) is 5. The Kier molecular flexibility index (Phi) is 3.38. The zero-order chi connectivity index (χ0) is 11.5. The first-order valence-corrected chi connectivity index (χ1v) is 5.98. The second-order valence-electron chi connectivity index (χ2n) is 4.33. The van der Waals surface area contributed by atoms with Crippen LogP contribution >= 0.6 is 0 Å². The van der Waals surface area contributed by atoms with Crippen molar-refractivity contribution in [3.63, 3.8) is 0 Å². The van der Waals surface area contributed by atoms with Crippen molar-refractivity contribution in [3.05, 3.63) is 0 Å². The zero-order valence-corrected chi connectivity index (χ0v) is 10.2. The standard InChI is InChI=1S/C10H20N6/c1-4-8-7-16(9(5-2)6-11-8)10-12-13-14-15(10)3/h8-9,11H,4-7H2,1-3H3. The zero-order valence-electron chi connectivity index (χ0n) is 10.2. The first-order valence-electron chi connectivity index (χ1n) is 5.98. The maximum atomic E-state index is 4.11. The Morgan fingerprint density at radius 1 is 1.38 bits per heavy atom. The molecule has 1 aromatic rings. The smallest absolute Gasteiger partial charge is 0.245 e. The third kappa shape index (κ3) is 2.02. The van der Waals surface area contributed by atoms with Crippen LogP contribution in [0.1, 0.15) is 26.7 Å². The van der Waals surface area contributed by atoms with Crippen LogP contribution in [0.3, 0.4) is 0 Å². The van der Waals surface area contributed by atoms with E-state index in [-0.39, 0.29) is 0 Å². The highest BCUT2D eigenvalue weighted by Crippen LogP contribution is 2.18. The third-order valence-corrected chi connectivity index (χ3v) is 3.32. The van der Waals surface area contributed by atoms with E-state index in [0.29, 0.717) is 12.1 Å². The van der Waals surface area contributed by atoms with Crippen LogP contribution in [0, 0.1) is 0 Å². The molecular formula is C10H20N6. The van der Waals surface area contributed by atoms with Crippen LogP contribution in [0.4, 0.5) is 5.95 Å². The quantitative estimate of drug-likeness (QED) is 0.793. The van der Waals surface area contributed by atoms with Gasteiger partial charge < -0.3 is 10.2 Å². The summed E-state index contributed by atoms with van der Waals surface area (Å²) in [5.74, 6) is 0.881. The first kappa shape index (κ1) is 11.3. The minimum atomic E-state index is 0.493. The highest BCUT2D eigenvalue weighted by molar-refractivity contribution is 5.32. The van der Waals surface area contributed by atoms with Crippen molar-refractivity contribution in [2.75, 3.05) is 18.0 Å². The Bertz CT molecular complexity index is 336. The number of nitrogens with zero attached hydrogens (tertiary/aromatic N) is 5. The summed E-state index contributed by atoms with van der Waals surface area (Å²) >= 11 is 0. The highest BCUT2D eigenvalue weighted by Gasteiger charge is 2.28. The number of hydrogen-bond donors (Lipinski definition) is 1. The number of nitrogens with one attached hydrogen (secondary N) is 1. The van der Waals surface area contributed by atoms with Crippen molar-refractivity contribution in [2.45, 2.75) is 38.8 Å². The fourth-order valence-electron chi connectivity index (χ4n) is 2.22. The predicted octanol–water partition coefficient (Wildman–Crippen LogP) is 0.177. The van der Waals surface area contributed by atoms with Crippen molar-refractivity contribution in [2.24, 2.45) is 7.05 Å². The summed E-state index contributed by atoms with van der Waals surface area (Å²) in [5.41, 5.74) is 0. The van der Waals surface area contributed by atoms with Gasteiger partial charge in [0.15, 0.2) is 0 Å². The Labute approximate surface area is 96.0 Å². The Hall–Kier alpha value is -1.17. The molecule has 0 aliphatic carbocycles. The van der Waals surface area contributed by atoms with Gasteiger partial charge in [-0.3, -0.25) is 0 Å². The van der Waals surface area contributed by atoms with Crippen molar-refractivity contribution in [1.82, 2.24) is 25.5 Å². The second kappa shape index (κ2) is 4.78. The number of anilines is 1. The van der Waals surface area contributed by atoms with Crippen molar-refractivity contribution in [3.8, 4) is 0 Å². The molecule has 6 heteroatoms. The van der Waals surface area contributed by atoms with Crippen LogP contribution < -0.4 is 10.2 Å². The van der Waals surface area contributed by atoms with Crippen LogP contribution in [-0.2, 0) is 7.05 Å². The molecule has 2 rings (SSSR count). The van der Waals surface area contributed by atoms with Crippen LogP contribution in [0.5, 0.6) is 0 Å². The molecule has 2 heterocycles. The SMILES string of the molecule is CCC1CN(c2nnnn2C)C(CC)CN1. The monoisotopic (exact) mass is 224 g/mol. The maximum Gasteiger partial charge on any atom is 0.245 e. The summed E-state index contributed by atoms with van der Waals surface area (Å²) in [4.78, 5) is 2.32. The molecule has 1 aliphatic heterocycles. The summed E-state index contributed by atoms with van der Waals surface area (Å²) in [5, 5.41) is 15.3. The number of tetrazole rings is 1. The van der Waals surface area contributed by atoms with Gasteiger partial charge in [0, 0.05) is 32.2 Å². The molecular weight excluding hydrogens is 204 g/mol. The van der Waals surface area contributed by atoms with Crippen molar-refractivity contribution >= 4 is 5.95 Å². The second-order valence-corrected chi connectivity index (χ2v) is 4.33. The van der Waals surface area contributed by atoms with Crippen LogP contribution in [-0.4, -0.2) is 45.4 Å². The van der Waals surface area contributed by atoms with Gasteiger partial charge in [0.05, 0.1) is 0 Å². The molecule has 0 bridgehead atoms. The number of rotatable bonds is 3. The van der Waals surface area contributed by atoms with Gasteiger partial charge in [-0.05, 0) is 23.3 Å². The number of piperazine rings is 1. The van der Waals surface area contributed by atoms with Gasteiger partial charge in [-0.25, -0.2) is 4.68 Å². The molecule has 2 atom stereocenters. The van der Waals surface area contributed by atoms with E-state index in [2.05, 4.69) is 39.6 Å². The maximum absolute atomic E-state index is 4.11. The van der Waals surface area contributed by atoms with Gasteiger partial charge in [-0.1, -0.05) is 18.9 Å². The van der Waals surface area contributed by atoms with Gasteiger partial charge in [0.25, 0.3) is 0 Å². The normalized spacial score (nSPS) is 26.1. The minimum Gasteiger partial charge on any atom is -0.334 e. The third-order valence-electron chi connectivity index (χ3n) is 3.32. The van der Waals surface area contributed by atoms with E-state index in [1.165, 1.54) is 0 Å². The number of aromatic nitrogens is 4. The lowest BCUT2D eigenvalue weighted by Crippen LogP contribution is -2.57. The molecule has 1 fully saturated rings. The average molecular weight is 224 g/mol. The number of aryl methyl sites for hydroxylation is 1. The fourth-order valence-corrected chi connectivity index (χ4v) is 2.22. The van der Waals surface area contributed by atoms with Gasteiger partial charge in [-0.15, -0.1) is 0 Å². The van der Waals surface area contributed by atoms with Gasteiger partial charge >= 0.3 is 0 Å². The topological polar surface area (TPSA) is 58.9 Å². The summed E-state index contributed by atoms with van der Waals surface area (Å²) in [6, 6.07) is 1.03. The first-order chi connectivity index (χ1) is 7.76. The summed E-state index contributed by atoms with van der Waals surface area (Å²) < 4.78 is 1.75.